The molecule has 0 aromatic carbocycles. The number of pyridine rings is 1. The van der Waals surface area contributed by atoms with Crippen molar-refractivity contribution in [1.82, 2.24) is 19.6 Å². The van der Waals surface area contributed by atoms with Gasteiger partial charge in [-0.05, 0) is 55.9 Å². The summed E-state index contributed by atoms with van der Waals surface area (Å²) in [5.74, 6) is 1.81. The molecule has 0 spiro atoms. The van der Waals surface area contributed by atoms with Crippen LogP contribution in [0, 0.1) is 12.8 Å². The second-order valence-corrected chi connectivity index (χ2v) is 9.58. The Kier molecular flexibility index (Phi) is 4.75. The summed E-state index contributed by atoms with van der Waals surface area (Å²) in [5, 5.41) is 8.89. The predicted octanol–water partition coefficient (Wildman–Crippen LogP) is 4.53. The Balaban J connectivity index is 1.34. The highest BCUT2D eigenvalue weighted by Crippen LogP contribution is 2.37. The van der Waals surface area contributed by atoms with Crippen molar-refractivity contribution in [2.45, 2.75) is 44.1 Å². The van der Waals surface area contributed by atoms with Gasteiger partial charge in [0.1, 0.15) is 5.65 Å². The topological polar surface area (TPSA) is 73.3 Å². The summed E-state index contributed by atoms with van der Waals surface area (Å²) < 4.78 is 7.48. The highest BCUT2D eigenvalue weighted by atomic mass is 32.2. The Labute approximate surface area is 176 Å². The van der Waals surface area contributed by atoms with Gasteiger partial charge in [0, 0.05) is 22.4 Å². The van der Waals surface area contributed by atoms with E-state index < -0.39 is 0 Å². The molecule has 5 rings (SSSR count). The minimum atomic E-state index is -0.0756. The van der Waals surface area contributed by atoms with Gasteiger partial charge in [-0.25, -0.2) is 4.98 Å². The van der Waals surface area contributed by atoms with Crippen molar-refractivity contribution in [2.75, 3.05) is 0 Å². The van der Waals surface area contributed by atoms with Crippen molar-refractivity contribution >= 4 is 28.7 Å². The number of nitrogens with zero attached hydrogens (tertiary/aromatic N) is 4. The van der Waals surface area contributed by atoms with E-state index in [1.54, 1.807) is 21.8 Å². The molecule has 29 heavy (non-hydrogen) atoms. The van der Waals surface area contributed by atoms with E-state index in [1.807, 2.05) is 25.1 Å². The molecule has 4 aromatic heterocycles. The van der Waals surface area contributed by atoms with Crippen LogP contribution in [0.25, 0.3) is 16.4 Å². The molecule has 0 aliphatic heterocycles. The number of aryl methyl sites for hydroxylation is 2. The van der Waals surface area contributed by atoms with E-state index in [0.717, 1.165) is 29.3 Å². The van der Waals surface area contributed by atoms with E-state index in [0.29, 0.717) is 28.2 Å². The highest BCUT2D eigenvalue weighted by Gasteiger charge is 2.21. The van der Waals surface area contributed by atoms with Crippen molar-refractivity contribution < 1.29 is 4.42 Å². The second kappa shape index (κ2) is 7.42. The SMILES string of the molecule is Cc1cccc2nc(CSc3nnc(-c4cc5c(s4)CC[C@H](C)C5)o3)cc(=O)n12. The Morgan fingerprint density at radius 2 is 2.21 bits per heavy atom. The summed E-state index contributed by atoms with van der Waals surface area (Å²) in [6, 6.07) is 9.41. The van der Waals surface area contributed by atoms with E-state index in [1.165, 1.54) is 28.6 Å². The molecule has 6 nitrogen and oxygen atoms in total. The van der Waals surface area contributed by atoms with Crippen LogP contribution in [0.5, 0.6) is 0 Å². The Morgan fingerprint density at radius 3 is 3.10 bits per heavy atom. The maximum absolute atomic E-state index is 12.4. The summed E-state index contributed by atoms with van der Waals surface area (Å²) in [6.45, 7) is 4.20. The van der Waals surface area contributed by atoms with Crippen LogP contribution < -0.4 is 5.56 Å². The molecule has 4 aromatic rings. The van der Waals surface area contributed by atoms with Gasteiger partial charge in [-0.3, -0.25) is 9.20 Å². The molecule has 1 atom stereocenters. The van der Waals surface area contributed by atoms with Crippen LogP contribution in [-0.4, -0.2) is 19.6 Å². The quantitative estimate of drug-likeness (QED) is 0.448. The standard InChI is InChI=1S/C21H20N4O2S2/c1-12-6-7-16-14(8-12)9-17(29-16)20-23-24-21(27-20)28-11-15-10-19(26)25-13(2)4-3-5-18(25)22-15/h3-5,9-10,12H,6-8,11H2,1-2H3/t12-/m0/s1. The van der Waals surface area contributed by atoms with Gasteiger partial charge in [0.25, 0.3) is 16.7 Å². The number of thioether (sulfide) groups is 1. The zero-order valence-corrected chi connectivity index (χ0v) is 17.8. The molecule has 0 bridgehead atoms. The Morgan fingerprint density at radius 1 is 1.31 bits per heavy atom. The Bertz CT molecular complexity index is 1260. The van der Waals surface area contributed by atoms with Crippen molar-refractivity contribution in [2.24, 2.45) is 5.92 Å². The summed E-state index contributed by atoms with van der Waals surface area (Å²) in [5.41, 5.74) is 3.57. The zero-order chi connectivity index (χ0) is 20.0. The van der Waals surface area contributed by atoms with Gasteiger partial charge in [-0.1, -0.05) is 24.8 Å². The van der Waals surface area contributed by atoms with E-state index in [2.05, 4.69) is 28.2 Å². The summed E-state index contributed by atoms with van der Waals surface area (Å²) in [4.78, 5) is 19.5. The minimum absolute atomic E-state index is 0.0756. The summed E-state index contributed by atoms with van der Waals surface area (Å²) in [6.07, 6.45) is 3.51. The fraction of sp³-hybridized carbons (Fsp3) is 0.333. The maximum atomic E-state index is 12.4. The van der Waals surface area contributed by atoms with Gasteiger partial charge < -0.3 is 4.42 Å². The van der Waals surface area contributed by atoms with Gasteiger partial charge in [-0.15, -0.1) is 21.5 Å². The lowest BCUT2D eigenvalue weighted by Gasteiger charge is -2.16. The summed E-state index contributed by atoms with van der Waals surface area (Å²) >= 11 is 3.16. The molecule has 148 valence electrons. The van der Waals surface area contributed by atoms with E-state index in [-0.39, 0.29) is 5.56 Å². The molecule has 4 heterocycles. The molecule has 0 fully saturated rings. The first-order chi connectivity index (χ1) is 14.1. The zero-order valence-electron chi connectivity index (χ0n) is 16.2. The molecular weight excluding hydrogens is 404 g/mol. The molecule has 1 aliphatic carbocycles. The fourth-order valence-electron chi connectivity index (χ4n) is 3.75. The van der Waals surface area contributed by atoms with Crippen molar-refractivity contribution in [3.8, 4) is 10.8 Å². The molecule has 0 saturated heterocycles. The van der Waals surface area contributed by atoms with Crippen molar-refractivity contribution in [1.29, 1.82) is 0 Å². The number of rotatable bonds is 4. The van der Waals surface area contributed by atoms with Gasteiger partial charge in [-0.2, -0.15) is 0 Å². The van der Waals surface area contributed by atoms with Crippen LogP contribution in [0.3, 0.4) is 0 Å². The average molecular weight is 425 g/mol. The molecule has 0 N–H and O–H groups in total. The monoisotopic (exact) mass is 424 g/mol. The third kappa shape index (κ3) is 3.62. The lowest BCUT2D eigenvalue weighted by molar-refractivity contribution is 0.466. The third-order valence-corrected chi connectivity index (χ3v) is 7.30. The van der Waals surface area contributed by atoms with Crippen LogP contribution in [-0.2, 0) is 18.6 Å². The van der Waals surface area contributed by atoms with Crippen LogP contribution in [0.1, 0.15) is 35.2 Å². The third-order valence-electron chi connectivity index (χ3n) is 5.22. The fourth-order valence-corrected chi connectivity index (χ4v) is 5.54. The minimum Gasteiger partial charge on any atom is -0.410 e. The van der Waals surface area contributed by atoms with Crippen LogP contribution >= 0.6 is 23.1 Å². The van der Waals surface area contributed by atoms with Gasteiger partial charge in [0.15, 0.2) is 0 Å². The van der Waals surface area contributed by atoms with Crippen LogP contribution in [0.4, 0.5) is 0 Å². The van der Waals surface area contributed by atoms with Crippen LogP contribution in [0.15, 0.2) is 44.8 Å². The van der Waals surface area contributed by atoms with Gasteiger partial charge >= 0.3 is 0 Å². The molecular formula is C21H20N4O2S2. The predicted molar refractivity (Wildman–Crippen MR) is 115 cm³/mol. The van der Waals surface area contributed by atoms with Crippen molar-refractivity contribution in [3.05, 3.63) is 62.5 Å². The second-order valence-electron chi connectivity index (χ2n) is 7.52. The number of thiophene rings is 1. The van der Waals surface area contributed by atoms with Crippen molar-refractivity contribution in [3.63, 3.8) is 0 Å². The maximum Gasteiger partial charge on any atom is 0.277 e. The van der Waals surface area contributed by atoms with E-state index in [4.69, 9.17) is 4.42 Å². The number of hydrogen-bond acceptors (Lipinski definition) is 7. The van der Waals surface area contributed by atoms with Gasteiger partial charge in [0.05, 0.1) is 10.6 Å². The number of fused-ring (bicyclic) bond motifs is 2. The first-order valence-corrected chi connectivity index (χ1v) is 11.4. The lowest BCUT2D eigenvalue weighted by atomic mass is 9.90. The van der Waals surface area contributed by atoms with Gasteiger partial charge in [0.2, 0.25) is 0 Å². The molecule has 1 aliphatic rings. The largest absolute Gasteiger partial charge is 0.410 e. The van der Waals surface area contributed by atoms with E-state index in [9.17, 15) is 4.79 Å². The molecule has 0 saturated carbocycles. The highest BCUT2D eigenvalue weighted by molar-refractivity contribution is 7.98. The van der Waals surface area contributed by atoms with Crippen LogP contribution in [0.2, 0.25) is 0 Å². The molecule has 0 radical (unpaired) electrons. The van der Waals surface area contributed by atoms with E-state index >= 15 is 0 Å². The Hall–Kier alpha value is -2.45. The normalized spacial score (nSPS) is 16.3. The smallest absolute Gasteiger partial charge is 0.277 e. The number of aromatic nitrogens is 4. The first-order valence-electron chi connectivity index (χ1n) is 9.63. The lowest BCUT2D eigenvalue weighted by Crippen LogP contribution is -2.17. The average Bonchev–Trinajstić information content (AvgIpc) is 3.32. The number of hydrogen-bond donors (Lipinski definition) is 0. The summed E-state index contributed by atoms with van der Waals surface area (Å²) in [7, 11) is 0. The molecule has 8 heteroatoms. The first kappa shape index (κ1) is 18.6. The molecule has 0 unspecified atom stereocenters. The molecule has 0 amide bonds.